The van der Waals surface area contributed by atoms with Crippen LogP contribution >= 0.6 is 0 Å². The molecule has 0 bridgehead atoms. The number of nitrogens with one attached hydrogen (secondary N) is 1. The highest BCUT2D eigenvalue weighted by molar-refractivity contribution is 7.87. The number of methoxy groups -OCH3 is 1. The fraction of sp³-hybridized carbons (Fsp3) is 0.917. The SMILES string of the molecule is CCC(CO)(CO)NS(=O)(=O)N1CCC(C(=O)OC)CC1. The summed E-state index contributed by atoms with van der Waals surface area (Å²) in [5.74, 6) is -0.610. The highest BCUT2D eigenvalue weighted by Crippen LogP contribution is 2.21. The molecule has 1 aliphatic heterocycles. The van der Waals surface area contributed by atoms with Crippen molar-refractivity contribution in [2.24, 2.45) is 5.92 Å². The van der Waals surface area contributed by atoms with Crippen molar-refractivity contribution in [2.75, 3.05) is 33.4 Å². The molecule has 0 aliphatic carbocycles. The molecule has 1 aliphatic rings. The van der Waals surface area contributed by atoms with Crippen LogP contribution in [0.25, 0.3) is 0 Å². The molecule has 0 saturated carbocycles. The molecule has 0 spiro atoms. The lowest BCUT2D eigenvalue weighted by Gasteiger charge is -2.35. The van der Waals surface area contributed by atoms with Gasteiger partial charge in [-0.2, -0.15) is 17.4 Å². The minimum atomic E-state index is -3.82. The highest BCUT2D eigenvalue weighted by atomic mass is 32.2. The van der Waals surface area contributed by atoms with Gasteiger partial charge in [-0.25, -0.2) is 0 Å². The summed E-state index contributed by atoms with van der Waals surface area (Å²) >= 11 is 0. The minimum absolute atomic E-state index is 0.200. The quantitative estimate of drug-likeness (QED) is 0.509. The molecular weight excluding hydrogens is 300 g/mol. The third-order valence-corrected chi connectivity index (χ3v) is 5.69. The van der Waals surface area contributed by atoms with E-state index in [1.807, 2.05) is 0 Å². The molecule has 0 aromatic heterocycles. The summed E-state index contributed by atoms with van der Waals surface area (Å²) < 4.78 is 32.8. The number of carbonyl (C=O) groups excluding carboxylic acids is 1. The molecule has 1 rings (SSSR count). The average molecular weight is 324 g/mol. The van der Waals surface area contributed by atoms with Crippen LogP contribution in [-0.4, -0.2) is 67.9 Å². The molecule has 9 heteroatoms. The Morgan fingerprint density at radius 2 is 1.86 bits per heavy atom. The number of hydrogen-bond acceptors (Lipinski definition) is 6. The summed E-state index contributed by atoms with van der Waals surface area (Å²) in [5.41, 5.74) is -1.27. The second-order valence-corrected chi connectivity index (χ2v) is 6.92. The van der Waals surface area contributed by atoms with E-state index in [0.717, 1.165) is 0 Å². The zero-order valence-corrected chi connectivity index (χ0v) is 13.2. The van der Waals surface area contributed by atoms with Crippen molar-refractivity contribution in [2.45, 2.75) is 31.7 Å². The number of rotatable bonds is 7. The smallest absolute Gasteiger partial charge is 0.308 e. The van der Waals surface area contributed by atoms with Crippen LogP contribution in [0.5, 0.6) is 0 Å². The van der Waals surface area contributed by atoms with E-state index in [4.69, 9.17) is 0 Å². The summed E-state index contributed by atoms with van der Waals surface area (Å²) in [7, 11) is -2.51. The summed E-state index contributed by atoms with van der Waals surface area (Å²) in [6.07, 6.45) is 1.05. The van der Waals surface area contributed by atoms with Gasteiger partial charge in [0.05, 0.1) is 31.8 Å². The van der Waals surface area contributed by atoms with E-state index in [1.54, 1.807) is 6.92 Å². The van der Waals surface area contributed by atoms with E-state index >= 15 is 0 Å². The van der Waals surface area contributed by atoms with Crippen molar-refractivity contribution in [1.29, 1.82) is 0 Å². The third-order valence-electron chi connectivity index (χ3n) is 3.96. The van der Waals surface area contributed by atoms with Gasteiger partial charge in [0.25, 0.3) is 10.2 Å². The van der Waals surface area contributed by atoms with Crippen molar-refractivity contribution >= 4 is 16.2 Å². The number of esters is 1. The van der Waals surface area contributed by atoms with E-state index in [0.29, 0.717) is 12.8 Å². The van der Waals surface area contributed by atoms with Crippen molar-refractivity contribution in [3.8, 4) is 0 Å². The molecule has 0 aromatic carbocycles. The lowest BCUT2D eigenvalue weighted by atomic mass is 9.99. The predicted octanol–water partition coefficient (Wildman–Crippen LogP) is -1.16. The van der Waals surface area contributed by atoms with Crippen LogP contribution in [0.2, 0.25) is 0 Å². The predicted molar refractivity (Wildman–Crippen MR) is 75.6 cm³/mol. The van der Waals surface area contributed by atoms with Crippen molar-refractivity contribution in [1.82, 2.24) is 9.03 Å². The molecule has 0 atom stereocenters. The number of nitrogens with zero attached hydrogens (tertiary/aromatic N) is 1. The number of hydrogen-bond donors (Lipinski definition) is 3. The molecule has 3 N–H and O–H groups in total. The van der Waals surface area contributed by atoms with Crippen LogP contribution in [0.1, 0.15) is 26.2 Å². The van der Waals surface area contributed by atoms with Gasteiger partial charge in [-0.05, 0) is 19.3 Å². The Labute approximate surface area is 125 Å². The number of piperidine rings is 1. The molecule has 0 amide bonds. The van der Waals surface area contributed by atoms with E-state index in [1.165, 1.54) is 11.4 Å². The van der Waals surface area contributed by atoms with Crippen molar-refractivity contribution < 1.29 is 28.2 Å². The molecule has 1 saturated heterocycles. The molecule has 1 heterocycles. The Morgan fingerprint density at radius 1 is 1.33 bits per heavy atom. The standard InChI is InChI=1S/C12H24N2O6S/c1-3-12(8-15,9-16)13-21(18,19)14-6-4-10(5-7-14)11(17)20-2/h10,13,15-16H,3-9H2,1-2H3. The fourth-order valence-corrected chi connectivity index (χ4v) is 3.89. The third kappa shape index (κ3) is 4.36. The van der Waals surface area contributed by atoms with E-state index in [-0.39, 0.29) is 31.4 Å². The van der Waals surface area contributed by atoms with E-state index in [9.17, 15) is 23.4 Å². The second-order valence-electron chi connectivity index (χ2n) is 5.25. The lowest BCUT2D eigenvalue weighted by Crippen LogP contribution is -2.58. The molecule has 1 fully saturated rings. The van der Waals surface area contributed by atoms with Crippen LogP contribution in [0.15, 0.2) is 0 Å². The summed E-state index contributed by atoms with van der Waals surface area (Å²) in [4.78, 5) is 11.4. The fourth-order valence-electron chi connectivity index (χ4n) is 2.25. The van der Waals surface area contributed by atoms with E-state index < -0.39 is 29.0 Å². The van der Waals surface area contributed by atoms with Gasteiger partial charge in [0.15, 0.2) is 0 Å². The van der Waals surface area contributed by atoms with Crippen molar-refractivity contribution in [3.05, 3.63) is 0 Å². The normalized spacial score (nSPS) is 18.7. The maximum absolute atomic E-state index is 12.3. The van der Waals surface area contributed by atoms with Gasteiger partial charge in [0, 0.05) is 13.1 Å². The maximum Gasteiger partial charge on any atom is 0.308 e. The zero-order valence-electron chi connectivity index (χ0n) is 12.4. The molecule has 8 nitrogen and oxygen atoms in total. The van der Waals surface area contributed by atoms with Crippen molar-refractivity contribution in [3.63, 3.8) is 0 Å². The van der Waals surface area contributed by atoms with Gasteiger partial charge in [-0.3, -0.25) is 4.79 Å². The number of carbonyl (C=O) groups is 1. The summed E-state index contributed by atoms with van der Waals surface area (Å²) in [5, 5.41) is 18.6. The second kappa shape index (κ2) is 7.50. The van der Waals surface area contributed by atoms with E-state index in [2.05, 4.69) is 9.46 Å². The Balaban J connectivity index is 2.71. The Bertz CT molecular complexity index is 432. The lowest BCUT2D eigenvalue weighted by molar-refractivity contribution is -0.146. The van der Waals surface area contributed by atoms with Crippen LogP contribution in [-0.2, 0) is 19.7 Å². The molecule has 21 heavy (non-hydrogen) atoms. The molecular formula is C12H24N2O6S. The minimum Gasteiger partial charge on any atom is -0.469 e. The molecule has 0 unspecified atom stereocenters. The first-order valence-corrected chi connectivity index (χ1v) is 8.36. The number of aliphatic hydroxyl groups excluding tert-OH is 2. The first-order valence-electron chi connectivity index (χ1n) is 6.92. The van der Waals surface area contributed by atoms with Crippen LogP contribution in [0.3, 0.4) is 0 Å². The van der Waals surface area contributed by atoms with Gasteiger partial charge >= 0.3 is 5.97 Å². The first kappa shape index (κ1) is 18.3. The maximum atomic E-state index is 12.3. The molecule has 0 aromatic rings. The first-order chi connectivity index (χ1) is 9.84. The van der Waals surface area contributed by atoms with Crippen LogP contribution in [0, 0.1) is 5.92 Å². The zero-order chi connectivity index (χ0) is 16.1. The molecule has 124 valence electrons. The highest BCUT2D eigenvalue weighted by Gasteiger charge is 2.37. The number of ether oxygens (including phenoxy) is 1. The average Bonchev–Trinajstić information content (AvgIpc) is 2.52. The van der Waals surface area contributed by atoms with Gasteiger partial charge in [0.1, 0.15) is 0 Å². The van der Waals surface area contributed by atoms with Gasteiger partial charge in [-0.1, -0.05) is 6.92 Å². The van der Waals surface area contributed by atoms with Crippen LogP contribution in [0.4, 0.5) is 0 Å². The molecule has 0 radical (unpaired) electrons. The monoisotopic (exact) mass is 324 g/mol. The van der Waals surface area contributed by atoms with Crippen LogP contribution < -0.4 is 4.72 Å². The number of aliphatic hydroxyl groups is 2. The Morgan fingerprint density at radius 3 is 2.24 bits per heavy atom. The van der Waals surface area contributed by atoms with Gasteiger partial charge < -0.3 is 14.9 Å². The van der Waals surface area contributed by atoms with Gasteiger partial charge in [-0.15, -0.1) is 0 Å². The van der Waals surface area contributed by atoms with Gasteiger partial charge in [0.2, 0.25) is 0 Å². The Hall–Kier alpha value is -0.740. The summed E-state index contributed by atoms with van der Waals surface area (Å²) in [6.45, 7) is 1.10. The largest absolute Gasteiger partial charge is 0.469 e. The summed E-state index contributed by atoms with van der Waals surface area (Å²) in [6, 6.07) is 0. The Kier molecular flexibility index (Phi) is 6.54. The topological polar surface area (TPSA) is 116 Å².